The highest BCUT2D eigenvalue weighted by atomic mass is 32.1. The molecule has 0 radical (unpaired) electrons. The minimum absolute atomic E-state index is 0.0286. The van der Waals surface area contributed by atoms with Gasteiger partial charge in [-0.3, -0.25) is 14.4 Å². The molecule has 11 heteroatoms. The largest absolute Gasteiger partial charge is 0.434 e. The van der Waals surface area contributed by atoms with Crippen LogP contribution in [-0.2, 0) is 11.3 Å². The fourth-order valence-corrected chi connectivity index (χ4v) is 3.27. The third-order valence-corrected chi connectivity index (χ3v) is 4.83. The first-order valence-electron chi connectivity index (χ1n) is 8.37. The number of para-hydroxylation sites is 1. The lowest BCUT2D eigenvalue weighted by Crippen LogP contribution is -2.38. The van der Waals surface area contributed by atoms with Crippen molar-refractivity contribution >= 4 is 33.4 Å². The number of aromatic nitrogens is 2. The number of rotatable bonds is 7. The zero-order valence-electron chi connectivity index (χ0n) is 15.1. The molecule has 0 fully saturated rings. The van der Waals surface area contributed by atoms with Gasteiger partial charge < -0.3 is 19.9 Å². The standard InChI is InChI=1S/C18H16F2N4O4S/c1-24(9-13-22-11-6-7-29-15(11)17(27)23-13)14(25)8-21-16(26)10-4-2-3-5-12(10)28-18(19)20/h2-7,18H,8-9H2,1H3,(H,21,26)(H,22,23,27). The van der Waals surface area contributed by atoms with Crippen LogP contribution < -0.4 is 15.6 Å². The quantitative estimate of drug-likeness (QED) is 0.606. The molecule has 0 aliphatic rings. The Morgan fingerprint density at radius 3 is 2.83 bits per heavy atom. The molecule has 0 aliphatic carbocycles. The van der Waals surface area contributed by atoms with Gasteiger partial charge in [0.05, 0.1) is 24.2 Å². The lowest BCUT2D eigenvalue weighted by atomic mass is 10.2. The Morgan fingerprint density at radius 1 is 1.31 bits per heavy atom. The molecule has 0 saturated heterocycles. The molecule has 0 unspecified atom stereocenters. The van der Waals surface area contributed by atoms with Gasteiger partial charge in [0.15, 0.2) is 0 Å². The minimum atomic E-state index is -3.08. The Hall–Kier alpha value is -3.34. The summed E-state index contributed by atoms with van der Waals surface area (Å²) in [6.45, 7) is -3.42. The van der Waals surface area contributed by atoms with Gasteiger partial charge in [0, 0.05) is 7.05 Å². The van der Waals surface area contributed by atoms with Gasteiger partial charge in [-0.2, -0.15) is 8.78 Å². The van der Waals surface area contributed by atoms with E-state index in [-0.39, 0.29) is 30.0 Å². The third kappa shape index (κ3) is 4.93. The van der Waals surface area contributed by atoms with Gasteiger partial charge in [0.1, 0.15) is 16.3 Å². The van der Waals surface area contributed by atoms with Crippen LogP contribution in [0.4, 0.5) is 8.78 Å². The number of alkyl halides is 2. The average molecular weight is 422 g/mol. The monoisotopic (exact) mass is 422 g/mol. The van der Waals surface area contributed by atoms with Crippen molar-refractivity contribution in [3.8, 4) is 5.75 Å². The zero-order chi connectivity index (χ0) is 21.0. The fourth-order valence-electron chi connectivity index (χ4n) is 2.55. The molecule has 3 rings (SSSR count). The second kappa shape index (κ2) is 8.78. The summed E-state index contributed by atoms with van der Waals surface area (Å²) in [4.78, 5) is 44.7. The van der Waals surface area contributed by atoms with Crippen molar-refractivity contribution in [2.45, 2.75) is 13.2 Å². The van der Waals surface area contributed by atoms with Crippen LogP contribution in [0.25, 0.3) is 10.2 Å². The number of nitrogens with zero attached hydrogens (tertiary/aromatic N) is 2. The maximum atomic E-state index is 12.5. The molecule has 0 saturated carbocycles. The number of fused-ring (bicyclic) bond motifs is 1. The summed E-state index contributed by atoms with van der Waals surface area (Å²) < 4.78 is 29.7. The van der Waals surface area contributed by atoms with Gasteiger partial charge in [-0.25, -0.2) is 4.98 Å². The summed E-state index contributed by atoms with van der Waals surface area (Å²) in [6.07, 6.45) is 0. The molecule has 0 atom stereocenters. The number of carbonyl (C=O) groups excluding carboxylic acids is 2. The minimum Gasteiger partial charge on any atom is -0.434 e. The zero-order valence-corrected chi connectivity index (χ0v) is 16.0. The van der Waals surface area contributed by atoms with Crippen molar-refractivity contribution in [2.24, 2.45) is 0 Å². The first-order valence-corrected chi connectivity index (χ1v) is 9.25. The van der Waals surface area contributed by atoms with Gasteiger partial charge in [-0.05, 0) is 23.6 Å². The van der Waals surface area contributed by atoms with Crippen molar-refractivity contribution in [2.75, 3.05) is 13.6 Å². The first-order chi connectivity index (χ1) is 13.8. The van der Waals surface area contributed by atoms with E-state index in [1.165, 1.54) is 47.5 Å². The van der Waals surface area contributed by atoms with E-state index in [2.05, 4.69) is 20.0 Å². The highest BCUT2D eigenvalue weighted by molar-refractivity contribution is 7.17. The number of hydrogen-bond acceptors (Lipinski definition) is 6. The molecule has 0 spiro atoms. The number of aromatic amines is 1. The summed E-state index contributed by atoms with van der Waals surface area (Å²) in [5.74, 6) is -1.17. The Labute approximate surface area is 167 Å². The van der Waals surface area contributed by atoms with Gasteiger partial charge in [-0.1, -0.05) is 12.1 Å². The number of thiophene rings is 1. The van der Waals surface area contributed by atoms with E-state index in [0.717, 1.165) is 0 Å². The third-order valence-electron chi connectivity index (χ3n) is 3.92. The molecule has 1 aromatic carbocycles. The van der Waals surface area contributed by atoms with Crippen LogP contribution in [0.2, 0.25) is 0 Å². The van der Waals surface area contributed by atoms with Crippen LogP contribution in [0.3, 0.4) is 0 Å². The molecule has 152 valence electrons. The van der Waals surface area contributed by atoms with E-state index in [9.17, 15) is 23.2 Å². The number of likely N-dealkylation sites (N-methyl/N-ethyl adjacent to an activating group) is 1. The Bertz CT molecular complexity index is 1100. The highest BCUT2D eigenvalue weighted by Gasteiger charge is 2.18. The van der Waals surface area contributed by atoms with E-state index >= 15 is 0 Å². The average Bonchev–Trinajstić information content (AvgIpc) is 3.15. The van der Waals surface area contributed by atoms with Gasteiger partial charge in [0.2, 0.25) is 5.91 Å². The van der Waals surface area contributed by atoms with Crippen LogP contribution >= 0.6 is 11.3 Å². The molecule has 2 amide bonds. The van der Waals surface area contributed by atoms with Crippen molar-refractivity contribution < 1.29 is 23.1 Å². The number of nitrogens with one attached hydrogen (secondary N) is 2. The Balaban J connectivity index is 1.61. The topological polar surface area (TPSA) is 104 Å². The maximum absolute atomic E-state index is 12.5. The summed E-state index contributed by atoms with van der Waals surface area (Å²) in [6, 6.07) is 7.19. The van der Waals surface area contributed by atoms with E-state index in [0.29, 0.717) is 16.0 Å². The second-order valence-corrected chi connectivity index (χ2v) is 6.87. The number of benzene rings is 1. The van der Waals surface area contributed by atoms with Crippen LogP contribution in [0, 0.1) is 0 Å². The lowest BCUT2D eigenvalue weighted by Gasteiger charge is -2.17. The van der Waals surface area contributed by atoms with Crippen molar-refractivity contribution in [3.63, 3.8) is 0 Å². The number of hydrogen-bond donors (Lipinski definition) is 2. The fraction of sp³-hybridized carbons (Fsp3) is 0.222. The summed E-state index contributed by atoms with van der Waals surface area (Å²) in [7, 11) is 1.49. The predicted molar refractivity (Wildman–Crippen MR) is 102 cm³/mol. The van der Waals surface area contributed by atoms with Crippen LogP contribution in [0.5, 0.6) is 5.75 Å². The van der Waals surface area contributed by atoms with Gasteiger partial charge in [-0.15, -0.1) is 11.3 Å². The van der Waals surface area contributed by atoms with Crippen molar-refractivity contribution in [1.82, 2.24) is 20.2 Å². The molecule has 0 aliphatic heterocycles. The van der Waals surface area contributed by atoms with E-state index < -0.39 is 18.4 Å². The van der Waals surface area contributed by atoms with E-state index in [1.807, 2.05) is 0 Å². The molecule has 2 heterocycles. The Morgan fingerprint density at radius 2 is 2.07 bits per heavy atom. The number of ether oxygens (including phenoxy) is 1. The smallest absolute Gasteiger partial charge is 0.387 e. The molecule has 2 N–H and O–H groups in total. The van der Waals surface area contributed by atoms with E-state index in [1.54, 1.807) is 11.4 Å². The van der Waals surface area contributed by atoms with Crippen LogP contribution in [0.15, 0.2) is 40.5 Å². The summed E-state index contributed by atoms with van der Waals surface area (Å²) in [5.41, 5.74) is 0.139. The Kier molecular flexibility index (Phi) is 6.17. The summed E-state index contributed by atoms with van der Waals surface area (Å²) in [5, 5.41) is 4.12. The molecule has 2 aromatic heterocycles. The number of carbonyl (C=O) groups is 2. The number of amides is 2. The van der Waals surface area contributed by atoms with Crippen LogP contribution in [-0.4, -0.2) is 46.9 Å². The van der Waals surface area contributed by atoms with Crippen molar-refractivity contribution in [3.05, 3.63) is 57.5 Å². The van der Waals surface area contributed by atoms with E-state index in [4.69, 9.17) is 0 Å². The normalized spacial score (nSPS) is 10.9. The number of halogens is 2. The SMILES string of the molecule is CN(Cc1nc2ccsc2c(=O)[nH]1)C(=O)CNC(=O)c1ccccc1OC(F)F. The first kappa shape index (κ1) is 20.4. The highest BCUT2D eigenvalue weighted by Crippen LogP contribution is 2.20. The molecule has 3 aromatic rings. The summed E-state index contributed by atoms with van der Waals surface area (Å²) >= 11 is 1.27. The van der Waals surface area contributed by atoms with Gasteiger partial charge >= 0.3 is 6.61 Å². The molecular weight excluding hydrogens is 406 g/mol. The lowest BCUT2D eigenvalue weighted by molar-refractivity contribution is -0.129. The second-order valence-electron chi connectivity index (χ2n) is 5.95. The number of H-pyrrole nitrogens is 1. The molecule has 0 bridgehead atoms. The molecule has 8 nitrogen and oxygen atoms in total. The maximum Gasteiger partial charge on any atom is 0.387 e. The van der Waals surface area contributed by atoms with Crippen LogP contribution in [0.1, 0.15) is 16.2 Å². The van der Waals surface area contributed by atoms with Gasteiger partial charge in [0.25, 0.3) is 11.5 Å². The molecular formula is C18H16F2N4O4S. The molecule has 29 heavy (non-hydrogen) atoms. The predicted octanol–water partition coefficient (Wildman–Crippen LogP) is 1.97. The van der Waals surface area contributed by atoms with Crippen molar-refractivity contribution in [1.29, 1.82) is 0 Å².